The van der Waals surface area contributed by atoms with Crippen LogP contribution < -0.4 is 5.32 Å². The highest BCUT2D eigenvalue weighted by molar-refractivity contribution is 7.10. The molecule has 2 aliphatic rings. The fourth-order valence-corrected chi connectivity index (χ4v) is 4.46. The minimum atomic E-state index is 0.324. The maximum Gasteiger partial charge on any atom is 0.0484 e. The van der Waals surface area contributed by atoms with Gasteiger partial charge in [-0.25, -0.2) is 0 Å². The van der Waals surface area contributed by atoms with Gasteiger partial charge in [-0.3, -0.25) is 4.90 Å². The van der Waals surface area contributed by atoms with Crippen molar-refractivity contribution < 1.29 is 4.74 Å². The Labute approximate surface area is 132 Å². The molecule has 0 radical (unpaired) electrons. The van der Waals surface area contributed by atoms with E-state index < -0.39 is 0 Å². The first-order valence-electron chi connectivity index (χ1n) is 8.40. The number of piperidine rings is 1. The molecule has 3 heterocycles. The van der Waals surface area contributed by atoms with E-state index in [1.165, 1.54) is 50.1 Å². The Morgan fingerprint density at radius 2 is 2.05 bits per heavy atom. The molecule has 1 aromatic heterocycles. The average Bonchev–Trinajstić information content (AvgIpc) is 3.09. The van der Waals surface area contributed by atoms with Crippen molar-refractivity contribution in [1.29, 1.82) is 0 Å². The van der Waals surface area contributed by atoms with Crippen LogP contribution in [0, 0.1) is 0 Å². The van der Waals surface area contributed by atoms with Crippen molar-refractivity contribution in [3.8, 4) is 0 Å². The Balaban J connectivity index is 1.64. The van der Waals surface area contributed by atoms with Gasteiger partial charge in [0.1, 0.15) is 0 Å². The first-order valence-corrected chi connectivity index (χ1v) is 9.28. The summed E-state index contributed by atoms with van der Waals surface area (Å²) in [5, 5.41) is 5.98. The van der Waals surface area contributed by atoms with Crippen LogP contribution in [0.2, 0.25) is 0 Å². The second-order valence-electron chi connectivity index (χ2n) is 6.50. The number of rotatable bonds is 5. The number of hydrogen-bond donors (Lipinski definition) is 1. The van der Waals surface area contributed by atoms with Crippen molar-refractivity contribution in [3.63, 3.8) is 0 Å². The molecule has 3 nitrogen and oxygen atoms in total. The summed E-state index contributed by atoms with van der Waals surface area (Å²) in [7, 11) is 0. The molecule has 0 aromatic carbocycles. The molecular formula is C17H28N2OS. The fourth-order valence-electron chi connectivity index (χ4n) is 3.71. The van der Waals surface area contributed by atoms with Gasteiger partial charge in [0.2, 0.25) is 0 Å². The third-order valence-electron chi connectivity index (χ3n) is 5.16. The summed E-state index contributed by atoms with van der Waals surface area (Å²) in [5.74, 6) is 0. The Bertz CT molecular complexity index is 408. The van der Waals surface area contributed by atoms with Crippen LogP contribution in [0.4, 0.5) is 0 Å². The first kappa shape index (κ1) is 15.5. The van der Waals surface area contributed by atoms with Crippen LogP contribution in [-0.2, 0) is 4.74 Å². The summed E-state index contributed by atoms with van der Waals surface area (Å²) in [4.78, 5) is 4.20. The molecule has 1 atom stereocenters. The molecule has 0 aliphatic carbocycles. The SMILES string of the molecule is C[C@H](NCC1(N2CCCCC2)CCOCC1)c1cccs1. The molecule has 0 unspecified atom stereocenters. The van der Waals surface area contributed by atoms with Gasteiger partial charge in [0, 0.05) is 36.2 Å². The Morgan fingerprint density at radius 1 is 1.29 bits per heavy atom. The van der Waals surface area contributed by atoms with Gasteiger partial charge in [-0.15, -0.1) is 11.3 Å². The summed E-state index contributed by atoms with van der Waals surface area (Å²) in [5.41, 5.74) is 0.324. The van der Waals surface area contributed by atoms with Crippen LogP contribution in [0.25, 0.3) is 0 Å². The molecule has 1 aromatic rings. The van der Waals surface area contributed by atoms with E-state index in [1.807, 2.05) is 11.3 Å². The zero-order chi connectivity index (χ0) is 14.5. The number of likely N-dealkylation sites (tertiary alicyclic amines) is 1. The number of ether oxygens (including phenoxy) is 1. The maximum absolute atomic E-state index is 5.64. The smallest absolute Gasteiger partial charge is 0.0484 e. The predicted octanol–water partition coefficient (Wildman–Crippen LogP) is 3.43. The van der Waals surface area contributed by atoms with E-state index in [4.69, 9.17) is 4.74 Å². The third-order valence-corrected chi connectivity index (χ3v) is 6.21. The van der Waals surface area contributed by atoms with E-state index in [0.29, 0.717) is 11.6 Å². The highest BCUT2D eigenvalue weighted by atomic mass is 32.1. The molecule has 0 spiro atoms. The monoisotopic (exact) mass is 308 g/mol. The standard InChI is InChI=1S/C17H28N2OS/c1-15(16-6-5-13-21-16)18-14-17(7-11-20-12-8-17)19-9-3-2-4-10-19/h5-6,13,15,18H,2-4,7-12,14H2,1H3/t15-/m0/s1. The van der Waals surface area contributed by atoms with Crippen molar-refractivity contribution in [3.05, 3.63) is 22.4 Å². The molecule has 21 heavy (non-hydrogen) atoms. The molecule has 0 bridgehead atoms. The summed E-state index contributed by atoms with van der Waals surface area (Å²) < 4.78 is 5.64. The molecule has 118 valence electrons. The Morgan fingerprint density at radius 3 is 2.71 bits per heavy atom. The third kappa shape index (κ3) is 3.67. The van der Waals surface area contributed by atoms with Gasteiger partial charge in [-0.1, -0.05) is 12.5 Å². The van der Waals surface area contributed by atoms with Crippen molar-refractivity contribution >= 4 is 11.3 Å². The number of thiophene rings is 1. The maximum atomic E-state index is 5.64. The summed E-state index contributed by atoms with van der Waals surface area (Å²) in [6.07, 6.45) is 6.49. The van der Waals surface area contributed by atoms with Crippen LogP contribution in [0.15, 0.2) is 17.5 Å². The topological polar surface area (TPSA) is 24.5 Å². The van der Waals surface area contributed by atoms with Gasteiger partial charge in [0.25, 0.3) is 0 Å². The number of nitrogens with one attached hydrogen (secondary N) is 1. The van der Waals surface area contributed by atoms with Crippen LogP contribution in [0.5, 0.6) is 0 Å². The first-order chi connectivity index (χ1) is 10.3. The van der Waals surface area contributed by atoms with Gasteiger partial charge in [0.15, 0.2) is 0 Å². The fraction of sp³-hybridized carbons (Fsp3) is 0.765. The number of nitrogens with zero attached hydrogens (tertiary/aromatic N) is 1. The van der Waals surface area contributed by atoms with Crippen molar-refractivity contribution in [2.45, 2.75) is 50.6 Å². The quantitative estimate of drug-likeness (QED) is 0.902. The summed E-state index contributed by atoms with van der Waals surface area (Å²) in [6, 6.07) is 4.84. The van der Waals surface area contributed by atoms with Crippen molar-refractivity contribution in [1.82, 2.24) is 10.2 Å². The van der Waals surface area contributed by atoms with E-state index in [2.05, 4.69) is 34.7 Å². The molecule has 2 aliphatic heterocycles. The van der Waals surface area contributed by atoms with Crippen molar-refractivity contribution in [2.24, 2.45) is 0 Å². The normalized spacial score (nSPS) is 24.8. The van der Waals surface area contributed by atoms with E-state index in [-0.39, 0.29) is 0 Å². The van der Waals surface area contributed by atoms with E-state index in [1.54, 1.807) is 0 Å². The summed E-state index contributed by atoms with van der Waals surface area (Å²) >= 11 is 1.85. The zero-order valence-electron chi connectivity index (χ0n) is 13.1. The Kier molecular flexibility index (Phi) is 5.33. The minimum absolute atomic E-state index is 0.324. The molecular weight excluding hydrogens is 280 g/mol. The average molecular weight is 308 g/mol. The molecule has 1 N–H and O–H groups in total. The number of hydrogen-bond acceptors (Lipinski definition) is 4. The lowest BCUT2D eigenvalue weighted by Gasteiger charge is -2.48. The molecule has 2 fully saturated rings. The molecule has 3 rings (SSSR count). The van der Waals surface area contributed by atoms with Crippen molar-refractivity contribution in [2.75, 3.05) is 32.8 Å². The molecule has 0 saturated carbocycles. The lowest BCUT2D eigenvalue weighted by molar-refractivity contribution is -0.0366. The van der Waals surface area contributed by atoms with E-state index in [9.17, 15) is 0 Å². The van der Waals surface area contributed by atoms with E-state index in [0.717, 1.165) is 19.8 Å². The lowest BCUT2D eigenvalue weighted by atomic mass is 9.86. The van der Waals surface area contributed by atoms with Crippen LogP contribution in [0.3, 0.4) is 0 Å². The van der Waals surface area contributed by atoms with E-state index >= 15 is 0 Å². The second-order valence-corrected chi connectivity index (χ2v) is 7.48. The highest BCUT2D eigenvalue weighted by Gasteiger charge is 2.38. The van der Waals surface area contributed by atoms with Gasteiger partial charge in [0.05, 0.1) is 0 Å². The van der Waals surface area contributed by atoms with Gasteiger partial charge in [-0.05, 0) is 57.1 Å². The van der Waals surface area contributed by atoms with Crippen LogP contribution in [0.1, 0.15) is 49.9 Å². The zero-order valence-corrected chi connectivity index (χ0v) is 14.0. The van der Waals surface area contributed by atoms with Gasteiger partial charge < -0.3 is 10.1 Å². The molecule has 0 amide bonds. The Hall–Kier alpha value is -0.420. The second kappa shape index (κ2) is 7.23. The summed E-state index contributed by atoms with van der Waals surface area (Å²) in [6.45, 7) is 7.77. The molecule has 2 saturated heterocycles. The highest BCUT2D eigenvalue weighted by Crippen LogP contribution is 2.31. The minimum Gasteiger partial charge on any atom is -0.381 e. The van der Waals surface area contributed by atoms with Gasteiger partial charge in [-0.2, -0.15) is 0 Å². The predicted molar refractivity (Wildman–Crippen MR) is 88.9 cm³/mol. The van der Waals surface area contributed by atoms with Crippen LogP contribution in [-0.4, -0.2) is 43.3 Å². The largest absolute Gasteiger partial charge is 0.381 e. The lowest BCUT2D eigenvalue weighted by Crippen LogP contribution is -2.59. The van der Waals surface area contributed by atoms with Gasteiger partial charge >= 0.3 is 0 Å². The van der Waals surface area contributed by atoms with Crippen LogP contribution >= 0.6 is 11.3 Å². The molecule has 4 heteroatoms.